The first kappa shape index (κ1) is 8.74. The highest BCUT2D eigenvalue weighted by atomic mass is 35.7. The van der Waals surface area contributed by atoms with Crippen LogP contribution in [0.25, 0.3) is 0 Å². The van der Waals surface area contributed by atoms with Crippen molar-refractivity contribution in [2.45, 2.75) is 17.6 Å². The Morgan fingerprint density at radius 2 is 2.25 bits per heavy atom. The van der Waals surface area contributed by atoms with Gasteiger partial charge in [-0.05, 0) is 40.7 Å². The summed E-state index contributed by atoms with van der Waals surface area (Å²) in [6.07, 6.45) is 1.19. The van der Waals surface area contributed by atoms with Gasteiger partial charge in [0.2, 0.25) is 0 Å². The normalized spacial score (nSPS) is 27.2. The Balaban J connectivity index is 2.14. The second-order valence-electron chi connectivity index (χ2n) is 3.02. The minimum atomic E-state index is 0.602. The SMILES string of the molecule is ClSC1CC1c1cccc(Cl)c1. The smallest absolute Gasteiger partial charge is 0.0408 e. The monoisotopic (exact) mass is 218 g/mol. The molecule has 0 heterocycles. The average Bonchev–Trinajstić information content (AvgIpc) is 2.83. The van der Waals surface area contributed by atoms with Crippen molar-refractivity contribution in [2.75, 3.05) is 0 Å². The molecule has 1 fully saturated rings. The highest BCUT2D eigenvalue weighted by Crippen LogP contribution is 2.50. The predicted octanol–water partition coefficient (Wildman–Crippen LogP) is 4.08. The summed E-state index contributed by atoms with van der Waals surface area (Å²) in [4.78, 5) is 0. The topological polar surface area (TPSA) is 0 Å². The molecule has 1 aromatic rings. The van der Waals surface area contributed by atoms with Crippen LogP contribution in [0.1, 0.15) is 17.9 Å². The van der Waals surface area contributed by atoms with Gasteiger partial charge in [-0.1, -0.05) is 34.7 Å². The van der Waals surface area contributed by atoms with E-state index in [0.717, 1.165) is 5.02 Å². The molecule has 0 bridgehead atoms. The third-order valence-electron chi connectivity index (χ3n) is 2.12. The van der Waals surface area contributed by atoms with E-state index in [1.807, 2.05) is 18.2 Å². The van der Waals surface area contributed by atoms with Gasteiger partial charge in [0.05, 0.1) is 0 Å². The summed E-state index contributed by atoms with van der Waals surface area (Å²) >= 11 is 5.87. The Hall–Kier alpha value is 0.150. The van der Waals surface area contributed by atoms with Crippen LogP contribution < -0.4 is 0 Å². The zero-order valence-corrected chi connectivity index (χ0v) is 8.66. The Labute approximate surface area is 85.8 Å². The molecule has 0 amide bonds. The molecule has 3 heteroatoms. The summed E-state index contributed by atoms with van der Waals surface area (Å²) in [7, 11) is 7.10. The first-order valence-electron chi connectivity index (χ1n) is 3.84. The number of rotatable bonds is 2. The molecule has 2 unspecified atom stereocenters. The van der Waals surface area contributed by atoms with Gasteiger partial charge in [0.1, 0.15) is 0 Å². The van der Waals surface area contributed by atoms with E-state index in [4.69, 9.17) is 22.3 Å². The Morgan fingerprint density at radius 1 is 1.42 bits per heavy atom. The lowest BCUT2D eigenvalue weighted by atomic mass is 10.1. The molecule has 0 aromatic heterocycles. The van der Waals surface area contributed by atoms with Crippen molar-refractivity contribution in [3.63, 3.8) is 0 Å². The second kappa shape index (κ2) is 3.49. The maximum atomic E-state index is 5.87. The van der Waals surface area contributed by atoms with E-state index in [0.29, 0.717) is 11.2 Å². The largest absolute Gasteiger partial charge is 0.0843 e. The minimum Gasteiger partial charge on any atom is -0.0843 e. The Morgan fingerprint density at radius 3 is 2.83 bits per heavy atom. The van der Waals surface area contributed by atoms with Crippen LogP contribution in [0.5, 0.6) is 0 Å². The standard InChI is InChI=1S/C9H8Cl2S/c10-7-3-1-2-6(4-7)8-5-9(8)12-11/h1-4,8-9H,5H2. The predicted molar refractivity (Wildman–Crippen MR) is 56.0 cm³/mol. The van der Waals surface area contributed by atoms with E-state index < -0.39 is 0 Å². The van der Waals surface area contributed by atoms with Crippen molar-refractivity contribution < 1.29 is 0 Å². The molecule has 0 N–H and O–H groups in total. The zero-order valence-electron chi connectivity index (χ0n) is 6.34. The van der Waals surface area contributed by atoms with E-state index in [1.165, 1.54) is 23.0 Å². The van der Waals surface area contributed by atoms with Crippen LogP contribution in [-0.2, 0) is 0 Å². The molecule has 1 aliphatic carbocycles. The fourth-order valence-corrected chi connectivity index (χ4v) is 2.71. The molecule has 1 aliphatic rings. The molecule has 0 nitrogen and oxygen atoms in total. The number of hydrogen-bond acceptors (Lipinski definition) is 1. The molecule has 2 rings (SSSR count). The van der Waals surface area contributed by atoms with E-state index in [2.05, 4.69) is 6.07 Å². The van der Waals surface area contributed by atoms with Gasteiger partial charge in [0.15, 0.2) is 0 Å². The van der Waals surface area contributed by atoms with Crippen LogP contribution in [0.2, 0.25) is 5.02 Å². The van der Waals surface area contributed by atoms with Crippen LogP contribution >= 0.6 is 33.3 Å². The summed E-state index contributed by atoms with van der Waals surface area (Å²) in [6.45, 7) is 0. The third-order valence-corrected chi connectivity index (χ3v) is 3.79. The minimum absolute atomic E-state index is 0.602. The zero-order chi connectivity index (χ0) is 8.55. The molecule has 1 aromatic carbocycles. The lowest BCUT2D eigenvalue weighted by Gasteiger charge is -1.97. The van der Waals surface area contributed by atoms with E-state index >= 15 is 0 Å². The van der Waals surface area contributed by atoms with Gasteiger partial charge >= 0.3 is 0 Å². The number of benzene rings is 1. The Kier molecular flexibility index (Phi) is 2.54. The highest BCUT2D eigenvalue weighted by Gasteiger charge is 2.38. The first-order valence-corrected chi connectivity index (χ1v) is 5.92. The fourth-order valence-electron chi connectivity index (χ4n) is 1.36. The molecule has 0 saturated heterocycles. The molecule has 64 valence electrons. The van der Waals surface area contributed by atoms with Crippen LogP contribution in [0.15, 0.2) is 24.3 Å². The lowest BCUT2D eigenvalue weighted by Crippen LogP contribution is -1.81. The summed E-state index contributed by atoms with van der Waals surface area (Å²) in [5.74, 6) is 0.631. The van der Waals surface area contributed by atoms with Gasteiger partial charge < -0.3 is 0 Å². The number of hydrogen-bond donors (Lipinski definition) is 0. The van der Waals surface area contributed by atoms with Gasteiger partial charge in [-0.15, -0.1) is 0 Å². The van der Waals surface area contributed by atoms with Crippen LogP contribution in [-0.4, -0.2) is 5.25 Å². The molecular formula is C9H8Cl2S. The van der Waals surface area contributed by atoms with Crippen molar-refractivity contribution in [1.29, 1.82) is 0 Å². The lowest BCUT2D eigenvalue weighted by molar-refractivity contribution is 1.14. The van der Waals surface area contributed by atoms with Crippen molar-refractivity contribution in [1.82, 2.24) is 0 Å². The summed E-state index contributed by atoms with van der Waals surface area (Å²) < 4.78 is 0. The van der Waals surface area contributed by atoms with Crippen LogP contribution in [0.3, 0.4) is 0 Å². The third kappa shape index (κ3) is 1.73. The van der Waals surface area contributed by atoms with Gasteiger partial charge in [-0.3, -0.25) is 0 Å². The van der Waals surface area contributed by atoms with Crippen molar-refractivity contribution in [3.8, 4) is 0 Å². The summed E-state index contributed by atoms with van der Waals surface area (Å²) in [5.41, 5.74) is 1.32. The second-order valence-corrected chi connectivity index (χ2v) is 4.78. The molecule has 1 saturated carbocycles. The molecule has 2 atom stereocenters. The van der Waals surface area contributed by atoms with Crippen molar-refractivity contribution in [2.24, 2.45) is 0 Å². The van der Waals surface area contributed by atoms with E-state index in [-0.39, 0.29) is 0 Å². The molecule has 12 heavy (non-hydrogen) atoms. The molecule has 0 spiro atoms. The molecular weight excluding hydrogens is 211 g/mol. The van der Waals surface area contributed by atoms with Gasteiger partial charge in [-0.25, -0.2) is 0 Å². The maximum Gasteiger partial charge on any atom is 0.0408 e. The van der Waals surface area contributed by atoms with Crippen LogP contribution in [0, 0.1) is 0 Å². The highest BCUT2D eigenvalue weighted by molar-refractivity contribution is 8.21. The van der Waals surface area contributed by atoms with E-state index in [9.17, 15) is 0 Å². The van der Waals surface area contributed by atoms with Crippen LogP contribution in [0.4, 0.5) is 0 Å². The van der Waals surface area contributed by atoms with Crippen molar-refractivity contribution in [3.05, 3.63) is 34.9 Å². The fraction of sp³-hybridized carbons (Fsp3) is 0.333. The van der Waals surface area contributed by atoms with Gasteiger partial charge in [0, 0.05) is 10.3 Å². The molecule has 0 radical (unpaired) electrons. The van der Waals surface area contributed by atoms with Crippen molar-refractivity contribution >= 4 is 33.3 Å². The quantitative estimate of drug-likeness (QED) is 0.722. The maximum absolute atomic E-state index is 5.87. The Bertz CT molecular complexity index is 288. The van der Waals surface area contributed by atoms with Gasteiger partial charge in [-0.2, -0.15) is 0 Å². The van der Waals surface area contributed by atoms with Gasteiger partial charge in [0.25, 0.3) is 0 Å². The first-order chi connectivity index (χ1) is 5.81. The van der Waals surface area contributed by atoms with E-state index in [1.54, 1.807) is 0 Å². The average molecular weight is 219 g/mol. The number of halogens is 2. The summed E-state index contributed by atoms with van der Waals surface area (Å²) in [6, 6.07) is 8.03. The summed E-state index contributed by atoms with van der Waals surface area (Å²) in [5, 5.41) is 1.42. The molecule has 0 aliphatic heterocycles.